The third-order valence-corrected chi connectivity index (χ3v) is 4.84. The Morgan fingerprint density at radius 3 is 2.71 bits per heavy atom. The van der Waals surface area contributed by atoms with Crippen molar-refractivity contribution >= 4 is 44.4 Å². The summed E-state index contributed by atoms with van der Waals surface area (Å²) in [5.74, 6) is 0.341. The number of rotatable bonds is 6. The monoisotopic (exact) mass is 447 g/mol. The smallest absolute Gasteiger partial charge is 0.251 e. The molecule has 0 radical (unpaired) electrons. The number of benzene rings is 1. The minimum absolute atomic E-state index is 0.218. The number of aromatic nitrogens is 3. The number of nitrogens with zero attached hydrogens (tertiary/aromatic N) is 3. The number of carbonyl (C=O) groups is 1. The van der Waals surface area contributed by atoms with Crippen LogP contribution < -0.4 is 10.6 Å². The summed E-state index contributed by atoms with van der Waals surface area (Å²) in [6.07, 6.45) is 1.79. The predicted octanol–water partition coefficient (Wildman–Crippen LogP) is 4.91. The Morgan fingerprint density at radius 2 is 2.04 bits per heavy atom. The zero-order chi connectivity index (χ0) is 20.4. The van der Waals surface area contributed by atoms with E-state index in [1.165, 1.54) is 0 Å². The Morgan fingerprint density at radius 1 is 1.29 bits per heavy atom. The van der Waals surface area contributed by atoms with Crippen molar-refractivity contribution in [3.05, 3.63) is 46.3 Å². The fourth-order valence-corrected chi connectivity index (χ4v) is 3.32. The zero-order valence-electron chi connectivity index (χ0n) is 16.3. The number of amides is 1. The van der Waals surface area contributed by atoms with Crippen molar-refractivity contribution in [2.75, 3.05) is 12.0 Å². The van der Waals surface area contributed by atoms with Crippen LogP contribution in [0.2, 0.25) is 0 Å². The lowest BCUT2D eigenvalue weighted by molar-refractivity contribution is 0.0933. The van der Waals surface area contributed by atoms with Crippen LogP contribution in [0.15, 0.2) is 35.2 Å². The highest BCUT2D eigenvalue weighted by molar-refractivity contribution is 9.10. The van der Waals surface area contributed by atoms with Gasteiger partial charge >= 0.3 is 0 Å². The number of alkyl halides is 1. The highest BCUT2D eigenvalue weighted by Gasteiger charge is 2.16. The Kier molecular flexibility index (Phi) is 5.98. The quantitative estimate of drug-likeness (QED) is 0.526. The average Bonchev–Trinajstić information content (AvgIpc) is 3.07. The molecule has 8 heteroatoms. The van der Waals surface area contributed by atoms with Crippen molar-refractivity contribution in [3.63, 3.8) is 0 Å². The second-order valence-corrected chi connectivity index (χ2v) is 7.90. The van der Waals surface area contributed by atoms with E-state index >= 15 is 0 Å². The van der Waals surface area contributed by atoms with E-state index in [0.717, 1.165) is 16.6 Å². The number of anilines is 2. The van der Waals surface area contributed by atoms with Crippen LogP contribution in [0, 0.1) is 6.92 Å². The fourth-order valence-electron chi connectivity index (χ4n) is 2.93. The molecule has 1 aromatic carbocycles. The predicted molar refractivity (Wildman–Crippen MR) is 113 cm³/mol. The van der Waals surface area contributed by atoms with Crippen LogP contribution in [0.4, 0.5) is 15.9 Å². The molecule has 6 nitrogen and oxygen atoms in total. The molecule has 2 aromatic heterocycles. The van der Waals surface area contributed by atoms with Gasteiger partial charge in [0.15, 0.2) is 5.82 Å². The van der Waals surface area contributed by atoms with Gasteiger partial charge in [0.2, 0.25) is 0 Å². The van der Waals surface area contributed by atoms with Crippen LogP contribution in [0.3, 0.4) is 0 Å². The van der Waals surface area contributed by atoms with Gasteiger partial charge in [0.1, 0.15) is 16.8 Å². The number of fused-ring (bicyclic) bond motifs is 1. The van der Waals surface area contributed by atoms with Crippen LogP contribution in [0.5, 0.6) is 0 Å². The van der Waals surface area contributed by atoms with Gasteiger partial charge < -0.3 is 15.2 Å². The number of carbonyl (C=O) groups excluding carboxylic acids is 1. The maximum absolute atomic E-state index is 12.7. The molecule has 3 rings (SSSR count). The minimum atomic E-state index is -0.609. The summed E-state index contributed by atoms with van der Waals surface area (Å²) < 4.78 is 15.4. The minimum Gasteiger partial charge on any atom is -0.347 e. The van der Waals surface area contributed by atoms with Gasteiger partial charge in [-0.3, -0.25) is 4.79 Å². The molecular weight excluding hydrogens is 425 g/mol. The number of pyridine rings is 1. The van der Waals surface area contributed by atoms with Gasteiger partial charge in [0.25, 0.3) is 5.91 Å². The maximum Gasteiger partial charge on any atom is 0.251 e. The van der Waals surface area contributed by atoms with E-state index in [4.69, 9.17) is 0 Å². The number of imidazole rings is 1. The lowest BCUT2D eigenvalue weighted by atomic mass is 10.1. The van der Waals surface area contributed by atoms with E-state index in [-0.39, 0.29) is 11.9 Å². The Labute approximate surface area is 171 Å². The van der Waals surface area contributed by atoms with Gasteiger partial charge in [0, 0.05) is 17.3 Å². The number of halogens is 2. The maximum atomic E-state index is 12.7. The summed E-state index contributed by atoms with van der Waals surface area (Å²) in [7, 11) is 0. The lowest BCUT2D eigenvalue weighted by Crippen LogP contribution is -2.34. The zero-order valence-corrected chi connectivity index (χ0v) is 17.8. The number of hydrogen-bond donors (Lipinski definition) is 2. The van der Waals surface area contributed by atoms with Gasteiger partial charge in [-0.1, -0.05) is 6.07 Å². The third-order valence-electron chi connectivity index (χ3n) is 4.43. The Balaban J connectivity index is 1.99. The lowest BCUT2D eigenvalue weighted by Gasteiger charge is -2.15. The molecule has 0 bridgehead atoms. The van der Waals surface area contributed by atoms with Crippen LogP contribution >= 0.6 is 15.9 Å². The molecule has 1 amide bonds. The summed E-state index contributed by atoms with van der Waals surface area (Å²) >= 11 is 3.43. The van der Waals surface area contributed by atoms with E-state index in [2.05, 4.69) is 50.4 Å². The molecule has 0 saturated heterocycles. The van der Waals surface area contributed by atoms with Crippen molar-refractivity contribution in [1.29, 1.82) is 0 Å². The van der Waals surface area contributed by atoms with Crippen LogP contribution in [0.25, 0.3) is 11.0 Å². The van der Waals surface area contributed by atoms with Crippen LogP contribution in [-0.4, -0.2) is 33.2 Å². The summed E-state index contributed by atoms with van der Waals surface area (Å²) in [5, 5.41) is 5.96. The first-order valence-electron chi connectivity index (χ1n) is 9.07. The van der Waals surface area contributed by atoms with Gasteiger partial charge in [-0.15, -0.1) is 0 Å². The molecule has 0 spiro atoms. The molecule has 2 heterocycles. The van der Waals surface area contributed by atoms with Crippen LogP contribution in [0.1, 0.15) is 42.7 Å². The molecule has 148 valence electrons. The first kappa shape index (κ1) is 20.3. The highest BCUT2D eigenvalue weighted by atomic mass is 79.9. The summed E-state index contributed by atoms with van der Waals surface area (Å²) in [6.45, 7) is 7.02. The number of hydrogen-bond acceptors (Lipinski definition) is 4. The van der Waals surface area contributed by atoms with E-state index in [9.17, 15) is 9.18 Å². The molecule has 28 heavy (non-hydrogen) atoms. The van der Waals surface area contributed by atoms with Gasteiger partial charge in [0.05, 0.1) is 17.9 Å². The molecular formula is C20H23BrFN5O. The second kappa shape index (κ2) is 8.26. The highest BCUT2D eigenvalue weighted by Crippen LogP contribution is 2.29. The van der Waals surface area contributed by atoms with Gasteiger partial charge in [-0.2, -0.15) is 0 Å². The van der Waals surface area contributed by atoms with Gasteiger partial charge in [-0.05, 0) is 67.4 Å². The second-order valence-electron chi connectivity index (χ2n) is 7.09. The number of nitrogens with one attached hydrogen (secondary N) is 2. The van der Waals surface area contributed by atoms with E-state index < -0.39 is 12.7 Å². The Hall–Kier alpha value is -2.48. The Bertz CT molecular complexity index is 1020. The molecule has 0 aliphatic heterocycles. The molecule has 1 unspecified atom stereocenters. The summed E-state index contributed by atoms with van der Waals surface area (Å²) in [5.41, 5.74) is 3.73. The molecule has 2 N–H and O–H groups in total. The number of aryl methyl sites for hydroxylation is 1. The largest absolute Gasteiger partial charge is 0.347 e. The van der Waals surface area contributed by atoms with Crippen molar-refractivity contribution in [1.82, 2.24) is 19.9 Å². The standard InChI is InChI=1S/C20H23BrFN5O/c1-11(2)27-10-23-16-8-17(21)26-19(18(16)27)25-14-6-5-12(3)15(7-14)20(28)24-13(4)9-22/h5-8,10-11,13H,9H2,1-4H3,(H,24,28)(H,25,26). The first-order valence-corrected chi connectivity index (χ1v) is 9.87. The normalized spacial score (nSPS) is 12.4. The van der Waals surface area contributed by atoms with Gasteiger partial charge in [-0.25, -0.2) is 14.4 Å². The third kappa shape index (κ3) is 4.16. The van der Waals surface area contributed by atoms with E-state index in [1.54, 1.807) is 19.3 Å². The molecule has 0 aliphatic carbocycles. The van der Waals surface area contributed by atoms with E-state index in [1.807, 2.05) is 29.7 Å². The molecule has 0 aliphatic rings. The van der Waals surface area contributed by atoms with Crippen molar-refractivity contribution < 1.29 is 9.18 Å². The van der Waals surface area contributed by atoms with Crippen molar-refractivity contribution in [3.8, 4) is 0 Å². The van der Waals surface area contributed by atoms with Crippen molar-refractivity contribution in [2.45, 2.75) is 39.8 Å². The molecule has 0 saturated carbocycles. The first-order chi connectivity index (χ1) is 13.3. The molecule has 3 aromatic rings. The van der Waals surface area contributed by atoms with E-state index in [0.29, 0.717) is 21.7 Å². The topological polar surface area (TPSA) is 71.8 Å². The van der Waals surface area contributed by atoms with Crippen molar-refractivity contribution in [2.24, 2.45) is 0 Å². The fraction of sp³-hybridized carbons (Fsp3) is 0.350. The molecule has 0 fully saturated rings. The summed E-state index contributed by atoms with van der Waals surface area (Å²) in [6, 6.07) is 7.04. The van der Waals surface area contributed by atoms with Crippen LogP contribution in [-0.2, 0) is 0 Å². The SMILES string of the molecule is Cc1ccc(Nc2nc(Br)cc3ncn(C(C)C)c23)cc1C(=O)NC(C)CF. The molecule has 1 atom stereocenters. The average molecular weight is 448 g/mol. The summed E-state index contributed by atoms with van der Waals surface area (Å²) in [4.78, 5) is 21.5.